The van der Waals surface area contributed by atoms with Gasteiger partial charge in [0.15, 0.2) is 0 Å². The molecule has 98 valence electrons. The maximum Gasteiger partial charge on any atom is -0.0181 e. The first-order valence-electron chi connectivity index (χ1n) is 6.97. The van der Waals surface area contributed by atoms with Gasteiger partial charge in [0.25, 0.3) is 0 Å². The molecule has 0 N–H and O–H groups in total. The maximum absolute atomic E-state index is 2.26. The Labute approximate surface area is 120 Å². The van der Waals surface area contributed by atoms with E-state index in [9.17, 15) is 0 Å². The Balaban J connectivity index is 1.95. The molecule has 0 bridgehead atoms. The molecule has 0 saturated carbocycles. The molecule has 3 rings (SSSR count). The highest BCUT2D eigenvalue weighted by molar-refractivity contribution is 5.70. The molecule has 0 spiro atoms. The lowest BCUT2D eigenvalue weighted by Gasteiger charge is -2.07. The zero-order valence-corrected chi connectivity index (χ0v) is 11.9. The van der Waals surface area contributed by atoms with Crippen LogP contribution in [0.3, 0.4) is 0 Å². The maximum atomic E-state index is 2.26. The van der Waals surface area contributed by atoms with Gasteiger partial charge in [-0.1, -0.05) is 72.8 Å². The molecule has 0 heterocycles. The molecular weight excluding hydrogens is 240 g/mol. The van der Waals surface area contributed by atoms with Gasteiger partial charge in [-0.2, -0.15) is 0 Å². The number of rotatable bonds is 2. The predicted molar refractivity (Wildman–Crippen MR) is 86.8 cm³/mol. The monoisotopic (exact) mass is 258 g/mol. The van der Waals surface area contributed by atoms with Gasteiger partial charge in [-0.3, -0.25) is 0 Å². The van der Waals surface area contributed by atoms with E-state index in [1.807, 2.05) is 6.07 Å². The van der Waals surface area contributed by atoms with Crippen molar-refractivity contribution in [2.24, 2.45) is 0 Å². The molecule has 0 saturated heterocycles. The van der Waals surface area contributed by atoms with Crippen LogP contribution in [0.25, 0.3) is 22.3 Å². The van der Waals surface area contributed by atoms with E-state index in [1.165, 1.54) is 33.4 Å². The molecule has 0 unspecified atom stereocenters. The number of hydrogen-bond donors (Lipinski definition) is 0. The van der Waals surface area contributed by atoms with Gasteiger partial charge < -0.3 is 0 Å². The van der Waals surface area contributed by atoms with Crippen molar-refractivity contribution < 1.29 is 0 Å². The van der Waals surface area contributed by atoms with E-state index in [2.05, 4.69) is 80.6 Å². The average molecular weight is 258 g/mol. The van der Waals surface area contributed by atoms with Crippen molar-refractivity contribution in [1.82, 2.24) is 0 Å². The molecule has 0 fully saturated rings. The summed E-state index contributed by atoms with van der Waals surface area (Å²) in [6.45, 7) is 4.31. The largest absolute Gasteiger partial charge is 0.0622 e. The van der Waals surface area contributed by atoms with Crippen LogP contribution < -0.4 is 0 Å². The quantitative estimate of drug-likeness (QED) is 0.558. The molecule has 0 aliphatic heterocycles. The fraction of sp³-hybridized carbons (Fsp3) is 0.100. The fourth-order valence-corrected chi connectivity index (χ4v) is 2.41. The highest BCUT2D eigenvalue weighted by Crippen LogP contribution is 2.26. The third kappa shape index (κ3) is 2.50. The summed E-state index contributed by atoms with van der Waals surface area (Å²) in [6, 6.07) is 25.9. The third-order valence-corrected chi connectivity index (χ3v) is 3.83. The Morgan fingerprint density at radius 2 is 0.950 bits per heavy atom. The fourth-order valence-electron chi connectivity index (χ4n) is 2.41. The SMILES string of the molecule is Cc1ccc(-c2ccc(-c3ccccc3)cc2)cc1C. The molecular formula is C20H18. The van der Waals surface area contributed by atoms with E-state index < -0.39 is 0 Å². The zero-order chi connectivity index (χ0) is 13.9. The van der Waals surface area contributed by atoms with Gasteiger partial charge in [-0.05, 0) is 47.2 Å². The van der Waals surface area contributed by atoms with Gasteiger partial charge in [0.2, 0.25) is 0 Å². The normalized spacial score (nSPS) is 10.5. The highest BCUT2D eigenvalue weighted by Gasteiger charge is 2.01. The molecule has 0 aliphatic rings. The summed E-state index contributed by atoms with van der Waals surface area (Å²) in [6.07, 6.45) is 0. The number of hydrogen-bond acceptors (Lipinski definition) is 0. The van der Waals surface area contributed by atoms with Gasteiger partial charge in [-0.15, -0.1) is 0 Å². The topological polar surface area (TPSA) is 0 Å². The molecule has 0 aliphatic carbocycles. The summed E-state index contributed by atoms with van der Waals surface area (Å²) in [5.74, 6) is 0. The molecule has 3 aromatic carbocycles. The summed E-state index contributed by atoms with van der Waals surface area (Å²) < 4.78 is 0. The summed E-state index contributed by atoms with van der Waals surface area (Å²) in [5.41, 5.74) is 7.77. The van der Waals surface area contributed by atoms with Crippen LogP contribution in [-0.4, -0.2) is 0 Å². The first kappa shape index (κ1) is 12.7. The van der Waals surface area contributed by atoms with Crippen LogP contribution >= 0.6 is 0 Å². The second-order valence-corrected chi connectivity index (χ2v) is 5.24. The van der Waals surface area contributed by atoms with E-state index in [1.54, 1.807) is 0 Å². The van der Waals surface area contributed by atoms with Gasteiger partial charge in [0.1, 0.15) is 0 Å². The van der Waals surface area contributed by atoms with E-state index in [4.69, 9.17) is 0 Å². The van der Waals surface area contributed by atoms with Crippen molar-refractivity contribution in [1.29, 1.82) is 0 Å². The number of benzene rings is 3. The van der Waals surface area contributed by atoms with Crippen molar-refractivity contribution in [2.75, 3.05) is 0 Å². The highest BCUT2D eigenvalue weighted by atomic mass is 14.1. The lowest BCUT2D eigenvalue weighted by molar-refractivity contribution is 1.34. The van der Waals surface area contributed by atoms with E-state index in [0.717, 1.165) is 0 Å². The van der Waals surface area contributed by atoms with Crippen molar-refractivity contribution in [3.8, 4) is 22.3 Å². The van der Waals surface area contributed by atoms with Crippen LogP contribution in [0, 0.1) is 13.8 Å². The van der Waals surface area contributed by atoms with Gasteiger partial charge in [0, 0.05) is 0 Å². The second kappa shape index (κ2) is 5.34. The van der Waals surface area contributed by atoms with Crippen molar-refractivity contribution in [2.45, 2.75) is 13.8 Å². The molecule has 20 heavy (non-hydrogen) atoms. The zero-order valence-electron chi connectivity index (χ0n) is 11.9. The van der Waals surface area contributed by atoms with E-state index in [-0.39, 0.29) is 0 Å². The van der Waals surface area contributed by atoms with E-state index >= 15 is 0 Å². The first-order chi connectivity index (χ1) is 9.74. The Morgan fingerprint density at radius 3 is 1.55 bits per heavy atom. The molecule has 0 aromatic heterocycles. The Bertz CT molecular complexity index is 707. The van der Waals surface area contributed by atoms with Crippen molar-refractivity contribution >= 4 is 0 Å². The van der Waals surface area contributed by atoms with Crippen LogP contribution in [0.2, 0.25) is 0 Å². The Kier molecular flexibility index (Phi) is 3.39. The molecule has 3 aromatic rings. The smallest absolute Gasteiger partial charge is 0.0181 e. The summed E-state index contributed by atoms with van der Waals surface area (Å²) in [4.78, 5) is 0. The van der Waals surface area contributed by atoms with Crippen molar-refractivity contribution in [3.63, 3.8) is 0 Å². The molecule has 0 amide bonds. The molecule has 0 nitrogen and oxygen atoms in total. The average Bonchev–Trinajstić information content (AvgIpc) is 2.51. The van der Waals surface area contributed by atoms with Gasteiger partial charge in [-0.25, -0.2) is 0 Å². The molecule has 0 radical (unpaired) electrons. The van der Waals surface area contributed by atoms with Crippen LogP contribution in [0.5, 0.6) is 0 Å². The van der Waals surface area contributed by atoms with Crippen LogP contribution in [0.15, 0.2) is 72.8 Å². The standard InChI is InChI=1S/C20H18/c1-15-8-9-20(14-16(15)2)19-12-10-18(11-13-19)17-6-4-3-5-7-17/h3-14H,1-2H3. The van der Waals surface area contributed by atoms with Crippen LogP contribution in [-0.2, 0) is 0 Å². The minimum Gasteiger partial charge on any atom is -0.0622 e. The lowest BCUT2D eigenvalue weighted by Crippen LogP contribution is -1.84. The van der Waals surface area contributed by atoms with E-state index in [0.29, 0.717) is 0 Å². The summed E-state index contributed by atoms with van der Waals surface area (Å²) in [7, 11) is 0. The first-order valence-corrected chi connectivity index (χ1v) is 6.97. The van der Waals surface area contributed by atoms with Crippen molar-refractivity contribution in [3.05, 3.63) is 83.9 Å². The molecule has 0 atom stereocenters. The van der Waals surface area contributed by atoms with Gasteiger partial charge >= 0.3 is 0 Å². The van der Waals surface area contributed by atoms with Gasteiger partial charge in [0.05, 0.1) is 0 Å². The summed E-state index contributed by atoms with van der Waals surface area (Å²) >= 11 is 0. The molecule has 0 heteroatoms. The number of aryl methyl sites for hydroxylation is 2. The van der Waals surface area contributed by atoms with Crippen LogP contribution in [0.1, 0.15) is 11.1 Å². The summed E-state index contributed by atoms with van der Waals surface area (Å²) in [5, 5.41) is 0. The second-order valence-electron chi connectivity index (χ2n) is 5.24. The predicted octanol–water partition coefficient (Wildman–Crippen LogP) is 5.64. The lowest BCUT2D eigenvalue weighted by atomic mass is 9.98. The minimum absolute atomic E-state index is 1.26. The van der Waals surface area contributed by atoms with Crippen LogP contribution in [0.4, 0.5) is 0 Å². The Morgan fingerprint density at radius 1 is 0.450 bits per heavy atom. The minimum atomic E-state index is 1.26. The Hall–Kier alpha value is -2.34. The third-order valence-electron chi connectivity index (χ3n) is 3.83.